The molecule has 1 aliphatic heterocycles. The summed E-state index contributed by atoms with van der Waals surface area (Å²) in [6, 6.07) is 0. The molecule has 1 unspecified atom stereocenters. The van der Waals surface area contributed by atoms with Crippen molar-refractivity contribution in [2.45, 2.75) is 12.5 Å². The number of alkyl halides is 1. The standard InChI is InChI=1S/C8H15FN2O2.ClH/c9-2-4-11-3-1-7(5-10)13-6-8(11)12;/h7H,1-6,10H2;1H. The van der Waals surface area contributed by atoms with Crippen molar-refractivity contribution in [3.05, 3.63) is 0 Å². The van der Waals surface area contributed by atoms with Gasteiger partial charge in [-0.25, -0.2) is 4.39 Å². The van der Waals surface area contributed by atoms with Gasteiger partial charge in [-0.05, 0) is 6.42 Å². The fraction of sp³-hybridized carbons (Fsp3) is 0.875. The molecule has 1 rings (SSSR count). The lowest BCUT2D eigenvalue weighted by Crippen LogP contribution is -2.34. The highest BCUT2D eigenvalue weighted by atomic mass is 35.5. The second kappa shape index (κ2) is 6.98. The minimum Gasteiger partial charge on any atom is -0.367 e. The molecule has 0 radical (unpaired) electrons. The van der Waals surface area contributed by atoms with Gasteiger partial charge in [0, 0.05) is 19.6 Å². The predicted octanol–water partition coefficient (Wildman–Crippen LogP) is -0.0461. The van der Waals surface area contributed by atoms with Gasteiger partial charge in [-0.3, -0.25) is 4.79 Å². The van der Waals surface area contributed by atoms with Crippen molar-refractivity contribution in [2.75, 3.05) is 32.9 Å². The van der Waals surface area contributed by atoms with E-state index in [0.717, 1.165) is 0 Å². The third-order valence-electron chi connectivity index (χ3n) is 2.13. The van der Waals surface area contributed by atoms with Crippen molar-refractivity contribution in [1.82, 2.24) is 4.90 Å². The van der Waals surface area contributed by atoms with E-state index >= 15 is 0 Å². The molecule has 1 aliphatic rings. The van der Waals surface area contributed by atoms with Crippen molar-refractivity contribution < 1.29 is 13.9 Å². The maximum atomic E-state index is 12.0. The van der Waals surface area contributed by atoms with E-state index < -0.39 is 6.67 Å². The number of carbonyl (C=O) groups excluding carboxylic acids is 1. The molecule has 14 heavy (non-hydrogen) atoms. The Morgan fingerprint density at radius 1 is 1.64 bits per heavy atom. The first kappa shape index (κ1) is 13.6. The zero-order valence-electron chi connectivity index (χ0n) is 7.95. The summed E-state index contributed by atoms with van der Waals surface area (Å²) >= 11 is 0. The van der Waals surface area contributed by atoms with Crippen LogP contribution in [0, 0.1) is 0 Å². The Hall–Kier alpha value is -0.390. The van der Waals surface area contributed by atoms with E-state index in [-0.39, 0.29) is 37.6 Å². The minimum absolute atomic E-state index is 0. The van der Waals surface area contributed by atoms with Crippen molar-refractivity contribution >= 4 is 18.3 Å². The molecule has 6 heteroatoms. The number of ether oxygens (including phenoxy) is 1. The molecule has 1 atom stereocenters. The Morgan fingerprint density at radius 2 is 2.36 bits per heavy atom. The Bertz CT molecular complexity index is 183. The molecule has 2 N–H and O–H groups in total. The first-order valence-electron chi connectivity index (χ1n) is 4.43. The molecule has 0 aliphatic carbocycles. The lowest BCUT2D eigenvalue weighted by Gasteiger charge is -2.17. The predicted molar refractivity (Wildman–Crippen MR) is 53.2 cm³/mol. The van der Waals surface area contributed by atoms with Gasteiger partial charge in [0.15, 0.2) is 0 Å². The number of hydrogen-bond acceptors (Lipinski definition) is 3. The minimum atomic E-state index is -0.501. The number of hydrogen-bond donors (Lipinski definition) is 1. The van der Waals surface area contributed by atoms with Crippen LogP contribution in [-0.4, -0.2) is 49.8 Å². The molecule has 1 saturated heterocycles. The van der Waals surface area contributed by atoms with Gasteiger partial charge < -0.3 is 15.4 Å². The number of nitrogens with two attached hydrogens (primary N) is 1. The number of amides is 1. The molecule has 0 aromatic rings. The molecule has 0 spiro atoms. The molecule has 1 fully saturated rings. The topological polar surface area (TPSA) is 55.6 Å². The monoisotopic (exact) mass is 226 g/mol. The van der Waals surface area contributed by atoms with Crippen molar-refractivity contribution in [2.24, 2.45) is 5.73 Å². The highest BCUT2D eigenvalue weighted by Crippen LogP contribution is 2.06. The molecule has 0 bridgehead atoms. The van der Waals surface area contributed by atoms with E-state index in [4.69, 9.17) is 10.5 Å². The Balaban J connectivity index is 0.00000169. The number of rotatable bonds is 3. The first-order valence-corrected chi connectivity index (χ1v) is 4.43. The molecule has 4 nitrogen and oxygen atoms in total. The van der Waals surface area contributed by atoms with Crippen LogP contribution in [0.5, 0.6) is 0 Å². The van der Waals surface area contributed by atoms with Crippen LogP contribution in [0.1, 0.15) is 6.42 Å². The van der Waals surface area contributed by atoms with Gasteiger partial charge in [0.2, 0.25) is 5.91 Å². The van der Waals surface area contributed by atoms with Crippen LogP contribution in [-0.2, 0) is 9.53 Å². The lowest BCUT2D eigenvalue weighted by molar-refractivity contribution is -0.134. The quantitative estimate of drug-likeness (QED) is 0.735. The van der Waals surface area contributed by atoms with Crippen molar-refractivity contribution in [3.8, 4) is 0 Å². The van der Waals surface area contributed by atoms with Gasteiger partial charge in [0.1, 0.15) is 13.3 Å². The number of nitrogens with zero attached hydrogens (tertiary/aromatic N) is 1. The summed E-state index contributed by atoms with van der Waals surface area (Å²) in [4.78, 5) is 12.7. The zero-order chi connectivity index (χ0) is 9.68. The normalized spacial score (nSPS) is 22.9. The largest absolute Gasteiger partial charge is 0.367 e. The Labute approximate surface area is 89.0 Å². The summed E-state index contributed by atoms with van der Waals surface area (Å²) in [5, 5.41) is 0. The summed E-state index contributed by atoms with van der Waals surface area (Å²) in [5.41, 5.74) is 5.41. The zero-order valence-corrected chi connectivity index (χ0v) is 8.76. The third kappa shape index (κ3) is 3.77. The molecule has 0 aromatic heterocycles. The average Bonchev–Trinajstić information content (AvgIpc) is 2.31. The highest BCUT2D eigenvalue weighted by molar-refractivity contribution is 5.85. The molecular formula is C8H16ClFN2O2. The summed E-state index contributed by atoms with van der Waals surface area (Å²) in [6.07, 6.45) is 0.635. The maximum absolute atomic E-state index is 12.0. The van der Waals surface area contributed by atoms with Gasteiger partial charge in [0.25, 0.3) is 0 Å². The average molecular weight is 227 g/mol. The van der Waals surface area contributed by atoms with Gasteiger partial charge in [0.05, 0.1) is 6.10 Å². The summed E-state index contributed by atoms with van der Waals surface area (Å²) in [6.45, 7) is 0.655. The van der Waals surface area contributed by atoms with Crippen molar-refractivity contribution in [3.63, 3.8) is 0 Å². The van der Waals surface area contributed by atoms with Gasteiger partial charge in [-0.1, -0.05) is 0 Å². The van der Waals surface area contributed by atoms with Crippen LogP contribution < -0.4 is 5.73 Å². The van der Waals surface area contributed by atoms with Crippen LogP contribution in [0.25, 0.3) is 0 Å². The Kier molecular flexibility index (Phi) is 6.78. The smallest absolute Gasteiger partial charge is 0.248 e. The Morgan fingerprint density at radius 3 is 2.93 bits per heavy atom. The number of carbonyl (C=O) groups is 1. The van der Waals surface area contributed by atoms with Gasteiger partial charge >= 0.3 is 0 Å². The number of halogens is 2. The molecular weight excluding hydrogens is 211 g/mol. The fourth-order valence-corrected chi connectivity index (χ4v) is 1.31. The van der Waals surface area contributed by atoms with E-state index in [9.17, 15) is 9.18 Å². The van der Waals surface area contributed by atoms with E-state index in [1.807, 2.05) is 0 Å². The van der Waals surface area contributed by atoms with Crippen LogP contribution in [0.4, 0.5) is 4.39 Å². The first-order chi connectivity index (χ1) is 6.27. The van der Waals surface area contributed by atoms with E-state index in [2.05, 4.69) is 0 Å². The van der Waals surface area contributed by atoms with Crippen LogP contribution in [0.3, 0.4) is 0 Å². The molecule has 0 saturated carbocycles. The van der Waals surface area contributed by atoms with Crippen LogP contribution >= 0.6 is 12.4 Å². The molecule has 1 amide bonds. The second-order valence-electron chi connectivity index (χ2n) is 3.03. The highest BCUT2D eigenvalue weighted by Gasteiger charge is 2.21. The van der Waals surface area contributed by atoms with Crippen LogP contribution in [0.2, 0.25) is 0 Å². The summed E-state index contributed by atoms with van der Waals surface area (Å²) in [7, 11) is 0. The molecule has 1 heterocycles. The van der Waals surface area contributed by atoms with Crippen molar-refractivity contribution in [1.29, 1.82) is 0 Å². The summed E-state index contributed by atoms with van der Waals surface area (Å²) in [5.74, 6) is -0.145. The van der Waals surface area contributed by atoms with E-state index in [0.29, 0.717) is 19.5 Å². The maximum Gasteiger partial charge on any atom is 0.248 e. The second-order valence-corrected chi connectivity index (χ2v) is 3.03. The molecule has 0 aromatic carbocycles. The fourth-order valence-electron chi connectivity index (χ4n) is 1.31. The van der Waals surface area contributed by atoms with Gasteiger partial charge in [-0.2, -0.15) is 0 Å². The van der Waals surface area contributed by atoms with E-state index in [1.165, 1.54) is 4.90 Å². The SMILES string of the molecule is Cl.NCC1CCN(CCF)C(=O)CO1. The van der Waals surface area contributed by atoms with Crippen LogP contribution in [0.15, 0.2) is 0 Å². The lowest BCUT2D eigenvalue weighted by atomic mass is 10.2. The summed E-state index contributed by atoms with van der Waals surface area (Å²) < 4.78 is 17.2. The molecule has 84 valence electrons. The van der Waals surface area contributed by atoms with E-state index in [1.54, 1.807) is 0 Å². The third-order valence-corrected chi connectivity index (χ3v) is 2.13. The van der Waals surface area contributed by atoms with Gasteiger partial charge in [-0.15, -0.1) is 12.4 Å².